The molecular formula is C13H22O8. The smallest absolute Gasteiger partial charge is 0.429 e. The Morgan fingerprint density at radius 1 is 1.24 bits per heavy atom. The fraction of sp³-hybridized carbons (Fsp3) is 0.692. The zero-order valence-electron chi connectivity index (χ0n) is 13.0. The van der Waals surface area contributed by atoms with Crippen LogP contribution in [0.15, 0.2) is 12.2 Å². The normalized spacial score (nSPS) is 12.4. The molecule has 0 aliphatic carbocycles. The van der Waals surface area contributed by atoms with Crippen LogP contribution in [-0.4, -0.2) is 37.2 Å². The van der Waals surface area contributed by atoms with E-state index in [9.17, 15) is 9.59 Å². The van der Waals surface area contributed by atoms with Crippen molar-refractivity contribution < 1.29 is 38.6 Å². The van der Waals surface area contributed by atoms with Crippen molar-refractivity contribution >= 4 is 12.1 Å². The molecule has 0 N–H and O–H groups in total. The van der Waals surface area contributed by atoms with Crippen LogP contribution >= 0.6 is 0 Å². The van der Waals surface area contributed by atoms with Crippen molar-refractivity contribution in [2.45, 2.75) is 46.5 Å². The Morgan fingerprint density at radius 3 is 2.33 bits per heavy atom. The Bertz CT molecular complexity index is 358. The minimum atomic E-state index is -1.16. The summed E-state index contributed by atoms with van der Waals surface area (Å²) in [6.07, 6.45) is -2.22. The molecular weight excluding hydrogens is 284 g/mol. The molecule has 0 radical (unpaired) electrons. The first-order chi connectivity index (χ1) is 9.65. The lowest BCUT2D eigenvalue weighted by atomic mass is 10.2. The number of rotatable bonds is 8. The zero-order valence-corrected chi connectivity index (χ0v) is 13.0. The molecule has 0 spiro atoms. The van der Waals surface area contributed by atoms with E-state index in [0.29, 0.717) is 0 Å². The highest BCUT2D eigenvalue weighted by Crippen LogP contribution is 2.08. The van der Waals surface area contributed by atoms with Crippen molar-refractivity contribution in [3.8, 4) is 0 Å². The number of carbonyl (C=O) groups is 2. The maximum absolute atomic E-state index is 11.3. The quantitative estimate of drug-likeness (QED) is 0.222. The molecule has 0 aromatic rings. The van der Waals surface area contributed by atoms with Gasteiger partial charge in [0.1, 0.15) is 0 Å². The van der Waals surface area contributed by atoms with E-state index < -0.39 is 24.0 Å². The molecule has 0 heterocycles. The summed E-state index contributed by atoms with van der Waals surface area (Å²) in [5.74, 6) is -0.655. The summed E-state index contributed by atoms with van der Waals surface area (Å²) in [7, 11) is 0. The molecule has 122 valence electrons. The lowest BCUT2D eigenvalue weighted by Crippen LogP contribution is -2.29. The van der Waals surface area contributed by atoms with Crippen LogP contribution in [0.5, 0.6) is 0 Å². The molecule has 0 aromatic heterocycles. The van der Waals surface area contributed by atoms with E-state index in [1.807, 2.05) is 0 Å². The monoisotopic (exact) mass is 306 g/mol. The van der Waals surface area contributed by atoms with E-state index in [2.05, 4.69) is 21.2 Å². The van der Waals surface area contributed by atoms with Crippen LogP contribution in [0.2, 0.25) is 0 Å². The molecule has 0 fully saturated rings. The molecule has 0 amide bonds. The second-order valence-corrected chi connectivity index (χ2v) is 4.98. The van der Waals surface area contributed by atoms with E-state index in [4.69, 9.17) is 14.4 Å². The summed E-state index contributed by atoms with van der Waals surface area (Å²) in [6.45, 7) is 11.6. The molecule has 1 unspecified atom stereocenters. The highest BCUT2D eigenvalue weighted by molar-refractivity contribution is 5.87. The minimum Gasteiger partial charge on any atom is -0.429 e. The van der Waals surface area contributed by atoms with Gasteiger partial charge >= 0.3 is 12.1 Å². The average Bonchev–Trinajstić information content (AvgIpc) is 2.34. The molecule has 8 nitrogen and oxygen atoms in total. The predicted molar refractivity (Wildman–Crippen MR) is 70.7 cm³/mol. The van der Waals surface area contributed by atoms with Gasteiger partial charge in [0.15, 0.2) is 6.61 Å². The van der Waals surface area contributed by atoms with Gasteiger partial charge in [-0.25, -0.2) is 14.5 Å². The van der Waals surface area contributed by atoms with Gasteiger partial charge in [-0.05, 0) is 39.7 Å². The Hall–Kier alpha value is -1.64. The Balaban J connectivity index is 4.09. The third-order valence-corrected chi connectivity index (χ3v) is 1.66. The number of carbonyl (C=O) groups excluding carboxylic acids is 2. The number of hydrogen-bond donors (Lipinski definition) is 0. The zero-order chi connectivity index (χ0) is 16.5. The SMILES string of the molecule is C=C(C)C(=O)OC(COC(=O)OOOC(C)(C)C)OCC. The van der Waals surface area contributed by atoms with Crippen LogP contribution in [0.4, 0.5) is 4.79 Å². The fourth-order valence-electron chi connectivity index (χ4n) is 0.829. The number of ether oxygens (including phenoxy) is 3. The summed E-state index contributed by atoms with van der Waals surface area (Å²) in [5.41, 5.74) is -0.449. The predicted octanol–water partition coefficient (Wildman–Crippen LogP) is 2.28. The fourth-order valence-corrected chi connectivity index (χ4v) is 0.829. The van der Waals surface area contributed by atoms with E-state index >= 15 is 0 Å². The van der Waals surface area contributed by atoms with Crippen LogP contribution < -0.4 is 0 Å². The standard InChI is InChI=1S/C13H22O8/c1-7-16-10(18-11(14)9(2)3)8-17-12(15)19-21-20-13(4,5)6/h10H,2,7-8H2,1,3-6H3. The van der Waals surface area contributed by atoms with Gasteiger partial charge in [0, 0.05) is 12.2 Å². The molecule has 0 bridgehead atoms. The molecule has 0 aromatic carbocycles. The molecule has 0 saturated heterocycles. The van der Waals surface area contributed by atoms with Crippen LogP contribution in [0.1, 0.15) is 34.6 Å². The Kier molecular flexibility index (Phi) is 8.60. The van der Waals surface area contributed by atoms with E-state index in [0.717, 1.165) is 0 Å². The van der Waals surface area contributed by atoms with Crippen LogP contribution in [-0.2, 0) is 33.8 Å². The summed E-state index contributed by atoms with van der Waals surface area (Å²) in [4.78, 5) is 31.4. The van der Waals surface area contributed by atoms with Crippen LogP contribution in [0, 0.1) is 0 Å². The minimum absolute atomic E-state index is 0.198. The van der Waals surface area contributed by atoms with Gasteiger partial charge in [-0.1, -0.05) is 6.58 Å². The Labute approximate surface area is 123 Å². The van der Waals surface area contributed by atoms with E-state index in [1.54, 1.807) is 27.7 Å². The first kappa shape index (κ1) is 19.4. The van der Waals surface area contributed by atoms with Crippen LogP contribution in [0.25, 0.3) is 0 Å². The molecule has 1 atom stereocenters. The molecule has 0 aliphatic heterocycles. The van der Waals surface area contributed by atoms with Crippen molar-refractivity contribution in [1.82, 2.24) is 0 Å². The van der Waals surface area contributed by atoms with Gasteiger partial charge < -0.3 is 14.2 Å². The summed E-state index contributed by atoms with van der Waals surface area (Å²) in [6, 6.07) is 0. The first-order valence-corrected chi connectivity index (χ1v) is 6.33. The average molecular weight is 306 g/mol. The molecule has 21 heavy (non-hydrogen) atoms. The van der Waals surface area contributed by atoms with Crippen LogP contribution in [0.3, 0.4) is 0 Å². The third-order valence-electron chi connectivity index (χ3n) is 1.66. The summed E-state index contributed by atoms with van der Waals surface area (Å²) >= 11 is 0. The van der Waals surface area contributed by atoms with Crippen molar-refractivity contribution in [3.05, 3.63) is 12.2 Å². The van der Waals surface area contributed by atoms with E-state index in [-0.39, 0.29) is 18.8 Å². The van der Waals surface area contributed by atoms with Crippen molar-refractivity contribution in [2.24, 2.45) is 0 Å². The van der Waals surface area contributed by atoms with Gasteiger partial charge in [-0.2, -0.15) is 4.89 Å². The number of hydrogen-bond acceptors (Lipinski definition) is 8. The molecule has 0 rings (SSSR count). The second-order valence-electron chi connectivity index (χ2n) is 4.98. The van der Waals surface area contributed by atoms with E-state index in [1.165, 1.54) is 6.92 Å². The van der Waals surface area contributed by atoms with Crippen molar-refractivity contribution in [3.63, 3.8) is 0 Å². The first-order valence-electron chi connectivity index (χ1n) is 6.33. The van der Waals surface area contributed by atoms with Gasteiger partial charge in [0.25, 0.3) is 0 Å². The highest BCUT2D eigenvalue weighted by Gasteiger charge is 2.19. The maximum atomic E-state index is 11.3. The number of esters is 1. The van der Waals surface area contributed by atoms with Gasteiger partial charge in [0.2, 0.25) is 6.29 Å². The van der Waals surface area contributed by atoms with Gasteiger partial charge in [-0.3, -0.25) is 0 Å². The highest BCUT2D eigenvalue weighted by atomic mass is 17.5. The van der Waals surface area contributed by atoms with Crippen molar-refractivity contribution in [2.75, 3.05) is 13.2 Å². The lowest BCUT2D eigenvalue weighted by Gasteiger charge is -2.18. The van der Waals surface area contributed by atoms with Crippen molar-refractivity contribution in [1.29, 1.82) is 0 Å². The largest absolute Gasteiger partial charge is 0.542 e. The molecule has 8 heteroatoms. The molecule has 0 saturated carbocycles. The topological polar surface area (TPSA) is 89.5 Å². The maximum Gasteiger partial charge on any atom is 0.542 e. The lowest BCUT2D eigenvalue weighted by molar-refractivity contribution is -0.514. The van der Waals surface area contributed by atoms with Gasteiger partial charge in [-0.15, -0.1) is 0 Å². The van der Waals surface area contributed by atoms with Gasteiger partial charge in [0.05, 0.1) is 5.60 Å². The molecule has 0 aliphatic rings. The summed E-state index contributed by atoms with van der Waals surface area (Å²) in [5, 5.41) is 4.23. The Morgan fingerprint density at radius 2 is 1.86 bits per heavy atom. The summed E-state index contributed by atoms with van der Waals surface area (Å²) < 4.78 is 14.6. The second kappa shape index (κ2) is 9.32. The third kappa shape index (κ3) is 10.8.